The van der Waals surface area contributed by atoms with Crippen LogP contribution in [0, 0.1) is 0 Å². The van der Waals surface area contributed by atoms with E-state index >= 15 is 0 Å². The first-order chi connectivity index (χ1) is 10.2. The van der Waals surface area contributed by atoms with Crippen LogP contribution >= 0.6 is 11.3 Å². The maximum absolute atomic E-state index is 12.5. The molecule has 0 atom stereocenters. The molecule has 2 aromatic rings. The molecule has 0 aliphatic rings. The first kappa shape index (κ1) is 16.0. The van der Waals surface area contributed by atoms with Gasteiger partial charge in [0.25, 0.3) is 0 Å². The molecular formula is C17H24N2OS. The van der Waals surface area contributed by atoms with Gasteiger partial charge in [-0.15, -0.1) is 11.3 Å². The predicted molar refractivity (Wildman–Crippen MR) is 89.7 cm³/mol. The summed E-state index contributed by atoms with van der Waals surface area (Å²) in [5.74, 6) is 0.218. The summed E-state index contributed by atoms with van der Waals surface area (Å²) in [6.07, 6.45) is 4.84. The van der Waals surface area contributed by atoms with Crippen molar-refractivity contribution in [1.82, 2.24) is 9.88 Å². The van der Waals surface area contributed by atoms with Crippen molar-refractivity contribution in [2.45, 2.75) is 46.0 Å². The number of amides is 1. The minimum Gasteiger partial charge on any atom is -0.342 e. The van der Waals surface area contributed by atoms with Crippen LogP contribution in [0.4, 0.5) is 0 Å². The zero-order valence-corrected chi connectivity index (χ0v) is 13.8. The lowest BCUT2D eigenvalue weighted by molar-refractivity contribution is -0.130. The Labute approximate surface area is 131 Å². The standard InChI is InChI=1S/C17H24N2OS/c1-3-5-11-19(12-6-4-2)17(20)13-16-18-14-9-7-8-10-15(14)21-16/h7-10H,3-6,11-13H2,1-2H3. The van der Waals surface area contributed by atoms with Gasteiger partial charge < -0.3 is 4.90 Å². The van der Waals surface area contributed by atoms with Crippen molar-refractivity contribution in [1.29, 1.82) is 0 Å². The lowest BCUT2D eigenvalue weighted by Gasteiger charge is -2.22. The third-order valence-electron chi connectivity index (χ3n) is 3.56. The van der Waals surface area contributed by atoms with E-state index in [-0.39, 0.29) is 5.91 Å². The van der Waals surface area contributed by atoms with Gasteiger partial charge in [0.2, 0.25) is 5.91 Å². The van der Waals surface area contributed by atoms with Crippen LogP contribution in [0.1, 0.15) is 44.5 Å². The molecule has 0 aliphatic carbocycles. The highest BCUT2D eigenvalue weighted by molar-refractivity contribution is 7.18. The number of aromatic nitrogens is 1. The number of hydrogen-bond acceptors (Lipinski definition) is 3. The van der Waals surface area contributed by atoms with Crippen LogP contribution in [0.15, 0.2) is 24.3 Å². The molecule has 0 N–H and O–H groups in total. The molecule has 21 heavy (non-hydrogen) atoms. The van der Waals surface area contributed by atoms with Crippen molar-refractivity contribution >= 4 is 27.5 Å². The van der Waals surface area contributed by atoms with E-state index in [1.807, 2.05) is 23.1 Å². The van der Waals surface area contributed by atoms with Crippen LogP contribution in [0.25, 0.3) is 10.2 Å². The Bertz CT molecular complexity index is 538. The molecule has 0 aliphatic heterocycles. The Morgan fingerprint density at radius 1 is 1.14 bits per heavy atom. The number of carbonyl (C=O) groups excluding carboxylic acids is 1. The quantitative estimate of drug-likeness (QED) is 0.730. The summed E-state index contributed by atoms with van der Waals surface area (Å²) in [6, 6.07) is 8.07. The second kappa shape index (κ2) is 8.13. The summed E-state index contributed by atoms with van der Waals surface area (Å²) in [5, 5.41) is 0.930. The molecule has 0 spiro atoms. The fourth-order valence-corrected chi connectivity index (χ4v) is 3.25. The number of rotatable bonds is 8. The SMILES string of the molecule is CCCCN(CCCC)C(=O)Cc1nc2ccccc2s1. The lowest BCUT2D eigenvalue weighted by atomic mass is 10.2. The molecule has 0 unspecified atom stereocenters. The number of carbonyl (C=O) groups is 1. The molecular weight excluding hydrogens is 280 g/mol. The minimum atomic E-state index is 0.218. The van der Waals surface area contributed by atoms with Crippen LogP contribution in [-0.4, -0.2) is 28.9 Å². The van der Waals surface area contributed by atoms with Gasteiger partial charge in [0.05, 0.1) is 16.6 Å². The maximum atomic E-state index is 12.5. The molecule has 1 aromatic carbocycles. The van der Waals surface area contributed by atoms with Crippen LogP contribution in [0.3, 0.4) is 0 Å². The Morgan fingerprint density at radius 3 is 2.43 bits per heavy atom. The minimum absolute atomic E-state index is 0.218. The Kier molecular flexibility index (Phi) is 6.18. The highest BCUT2D eigenvalue weighted by Crippen LogP contribution is 2.22. The zero-order chi connectivity index (χ0) is 15.1. The van der Waals surface area contributed by atoms with E-state index in [0.29, 0.717) is 6.42 Å². The van der Waals surface area contributed by atoms with E-state index in [2.05, 4.69) is 24.9 Å². The maximum Gasteiger partial charge on any atom is 0.229 e. The molecule has 0 radical (unpaired) electrons. The van der Waals surface area contributed by atoms with Gasteiger partial charge in [-0.1, -0.05) is 38.8 Å². The first-order valence-corrected chi connectivity index (χ1v) is 8.68. The number of hydrogen-bond donors (Lipinski definition) is 0. The fraction of sp³-hybridized carbons (Fsp3) is 0.529. The van der Waals surface area contributed by atoms with E-state index in [1.165, 1.54) is 0 Å². The van der Waals surface area contributed by atoms with E-state index in [9.17, 15) is 4.79 Å². The Morgan fingerprint density at radius 2 is 1.81 bits per heavy atom. The number of nitrogens with zero attached hydrogens (tertiary/aromatic N) is 2. The zero-order valence-electron chi connectivity index (χ0n) is 13.0. The monoisotopic (exact) mass is 304 g/mol. The molecule has 1 amide bonds. The molecule has 0 fully saturated rings. The van der Waals surface area contributed by atoms with Gasteiger partial charge in [0, 0.05) is 13.1 Å². The molecule has 114 valence electrons. The topological polar surface area (TPSA) is 33.2 Å². The fourth-order valence-electron chi connectivity index (χ4n) is 2.30. The number of para-hydroxylation sites is 1. The summed E-state index contributed by atoms with van der Waals surface area (Å²) in [7, 11) is 0. The van der Waals surface area contributed by atoms with Crippen LogP contribution < -0.4 is 0 Å². The van der Waals surface area contributed by atoms with Crippen LogP contribution in [-0.2, 0) is 11.2 Å². The summed E-state index contributed by atoms with van der Waals surface area (Å²) in [6.45, 7) is 6.08. The molecule has 4 heteroatoms. The first-order valence-electron chi connectivity index (χ1n) is 7.86. The number of fused-ring (bicyclic) bond motifs is 1. The summed E-state index contributed by atoms with van der Waals surface area (Å²) in [4.78, 5) is 19.1. The van der Waals surface area contributed by atoms with Gasteiger partial charge in [0.15, 0.2) is 0 Å². The molecule has 0 saturated heterocycles. The van der Waals surface area contributed by atoms with Crippen LogP contribution in [0.2, 0.25) is 0 Å². The Balaban J connectivity index is 2.02. The van der Waals surface area contributed by atoms with Gasteiger partial charge in [-0.05, 0) is 25.0 Å². The van der Waals surface area contributed by atoms with Crippen molar-refractivity contribution in [3.8, 4) is 0 Å². The van der Waals surface area contributed by atoms with Gasteiger partial charge >= 0.3 is 0 Å². The predicted octanol–water partition coefficient (Wildman–Crippen LogP) is 4.27. The van der Waals surface area contributed by atoms with Crippen molar-refractivity contribution in [2.24, 2.45) is 0 Å². The summed E-state index contributed by atoms with van der Waals surface area (Å²) < 4.78 is 1.16. The molecule has 2 rings (SSSR count). The van der Waals surface area contributed by atoms with Gasteiger partial charge in [-0.25, -0.2) is 4.98 Å². The van der Waals surface area contributed by atoms with Crippen molar-refractivity contribution in [3.05, 3.63) is 29.3 Å². The normalized spacial score (nSPS) is 11.0. The Hall–Kier alpha value is -1.42. The van der Waals surface area contributed by atoms with Crippen molar-refractivity contribution in [3.63, 3.8) is 0 Å². The molecule has 0 saturated carbocycles. The summed E-state index contributed by atoms with van der Waals surface area (Å²) >= 11 is 1.63. The number of benzene rings is 1. The van der Waals surface area contributed by atoms with E-state index in [1.54, 1.807) is 11.3 Å². The molecule has 1 aromatic heterocycles. The van der Waals surface area contributed by atoms with Gasteiger partial charge in [-0.3, -0.25) is 4.79 Å². The van der Waals surface area contributed by atoms with Gasteiger partial charge in [-0.2, -0.15) is 0 Å². The van der Waals surface area contributed by atoms with Crippen LogP contribution in [0.5, 0.6) is 0 Å². The highest BCUT2D eigenvalue weighted by atomic mass is 32.1. The number of thiazole rings is 1. The second-order valence-electron chi connectivity index (χ2n) is 5.34. The highest BCUT2D eigenvalue weighted by Gasteiger charge is 2.15. The van der Waals surface area contributed by atoms with E-state index < -0.39 is 0 Å². The van der Waals surface area contributed by atoms with E-state index in [4.69, 9.17) is 0 Å². The van der Waals surface area contributed by atoms with Crippen molar-refractivity contribution < 1.29 is 4.79 Å². The largest absolute Gasteiger partial charge is 0.342 e. The third kappa shape index (κ3) is 4.53. The second-order valence-corrected chi connectivity index (χ2v) is 6.46. The molecule has 3 nitrogen and oxygen atoms in total. The average Bonchev–Trinajstić information content (AvgIpc) is 2.89. The molecule has 1 heterocycles. The smallest absolute Gasteiger partial charge is 0.229 e. The lowest BCUT2D eigenvalue weighted by Crippen LogP contribution is -2.34. The summed E-state index contributed by atoms with van der Waals surface area (Å²) in [5.41, 5.74) is 0.999. The molecule has 0 bridgehead atoms. The average molecular weight is 304 g/mol. The van der Waals surface area contributed by atoms with Gasteiger partial charge in [0.1, 0.15) is 5.01 Å². The third-order valence-corrected chi connectivity index (χ3v) is 4.59. The van der Waals surface area contributed by atoms with Crippen molar-refractivity contribution in [2.75, 3.05) is 13.1 Å². The van der Waals surface area contributed by atoms with E-state index in [0.717, 1.165) is 54.0 Å². The number of unbranched alkanes of at least 4 members (excludes halogenated alkanes) is 2.